The number of carboxylic acid groups (broad SMARTS) is 1. The third-order valence-corrected chi connectivity index (χ3v) is 3.47. The topological polar surface area (TPSA) is 92.2 Å². The van der Waals surface area contributed by atoms with Crippen LogP contribution in [0.3, 0.4) is 0 Å². The first-order valence-corrected chi connectivity index (χ1v) is 7.05. The number of aromatic nitrogens is 2. The predicted molar refractivity (Wildman–Crippen MR) is 77.6 cm³/mol. The summed E-state index contributed by atoms with van der Waals surface area (Å²) >= 11 is 1.34. The summed E-state index contributed by atoms with van der Waals surface area (Å²) in [6.45, 7) is 2.36. The quantitative estimate of drug-likeness (QED) is 0.878. The SMILES string of the molecule is CCNC(=O)c1ccc(Sc2ccc(C(=O)O)cc2)nn1. The van der Waals surface area contributed by atoms with Crippen LogP contribution in [0, 0.1) is 0 Å². The van der Waals surface area contributed by atoms with Crippen molar-refractivity contribution < 1.29 is 14.7 Å². The van der Waals surface area contributed by atoms with E-state index in [4.69, 9.17) is 5.11 Å². The Morgan fingerprint density at radius 1 is 1.14 bits per heavy atom. The molecule has 0 aliphatic rings. The van der Waals surface area contributed by atoms with E-state index >= 15 is 0 Å². The molecule has 0 radical (unpaired) electrons. The number of hydrogen-bond acceptors (Lipinski definition) is 5. The number of rotatable bonds is 5. The normalized spacial score (nSPS) is 10.1. The van der Waals surface area contributed by atoms with Crippen molar-refractivity contribution in [2.45, 2.75) is 16.8 Å². The van der Waals surface area contributed by atoms with E-state index in [1.165, 1.54) is 23.9 Å². The van der Waals surface area contributed by atoms with Crippen molar-refractivity contribution in [1.82, 2.24) is 15.5 Å². The maximum absolute atomic E-state index is 11.5. The molecule has 7 heteroatoms. The molecule has 0 spiro atoms. The monoisotopic (exact) mass is 303 g/mol. The number of benzene rings is 1. The van der Waals surface area contributed by atoms with Gasteiger partial charge in [0.05, 0.1) is 5.56 Å². The summed E-state index contributed by atoms with van der Waals surface area (Å²) in [6, 6.07) is 9.77. The lowest BCUT2D eigenvalue weighted by atomic mass is 10.2. The fraction of sp³-hybridized carbons (Fsp3) is 0.143. The summed E-state index contributed by atoms with van der Waals surface area (Å²) in [7, 11) is 0. The lowest BCUT2D eigenvalue weighted by molar-refractivity contribution is 0.0696. The third kappa shape index (κ3) is 4.03. The van der Waals surface area contributed by atoms with Gasteiger partial charge in [0.1, 0.15) is 5.03 Å². The Labute approximate surface area is 125 Å². The minimum absolute atomic E-state index is 0.233. The van der Waals surface area contributed by atoms with Crippen molar-refractivity contribution in [1.29, 1.82) is 0 Å². The highest BCUT2D eigenvalue weighted by atomic mass is 32.2. The van der Waals surface area contributed by atoms with Crippen LogP contribution in [-0.4, -0.2) is 33.7 Å². The summed E-state index contributed by atoms with van der Waals surface area (Å²) in [5, 5.41) is 19.9. The number of hydrogen-bond donors (Lipinski definition) is 2. The Hall–Kier alpha value is -2.41. The highest BCUT2D eigenvalue weighted by Crippen LogP contribution is 2.25. The first-order chi connectivity index (χ1) is 10.1. The molecule has 6 nitrogen and oxygen atoms in total. The Bertz CT molecular complexity index is 642. The molecule has 0 fully saturated rings. The molecular formula is C14H13N3O3S. The molecule has 108 valence electrons. The molecule has 1 amide bonds. The van der Waals surface area contributed by atoms with Crippen LogP contribution in [0.4, 0.5) is 0 Å². The Morgan fingerprint density at radius 2 is 1.86 bits per heavy atom. The van der Waals surface area contributed by atoms with Crippen LogP contribution in [0.25, 0.3) is 0 Å². The first-order valence-electron chi connectivity index (χ1n) is 6.23. The molecule has 0 unspecified atom stereocenters. The van der Waals surface area contributed by atoms with Crippen LogP contribution in [0.5, 0.6) is 0 Å². The Balaban J connectivity index is 2.06. The molecule has 2 rings (SSSR count). The van der Waals surface area contributed by atoms with Crippen molar-refractivity contribution in [2.24, 2.45) is 0 Å². The second-order valence-electron chi connectivity index (χ2n) is 4.05. The summed E-state index contributed by atoms with van der Waals surface area (Å²) in [5.41, 5.74) is 0.499. The van der Waals surface area contributed by atoms with E-state index < -0.39 is 5.97 Å². The smallest absolute Gasteiger partial charge is 0.335 e. The van der Waals surface area contributed by atoms with Crippen LogP contribution in [-0.2, 0) is 0 Å². The first kappa shape index (κ1) is 15.0. The van der Waals surface area contributed by atoms with Gasteiger partial charge in [0.2, 0.25) is 0 Å². The van der Waals surface area contributed by atoms with Gasteiger partial charge in [-0.2, -0.15) is 0 Å². The van der Waals surface area contributed by atoms with E-state index in [0.717, 1.165) is 4.90 Å². The second-order valence-corrected chi connectivity index (χ2v) is 5.14. The molecule has 1 aromatic heterocycles. The molecule has 2 N–H and O–H groups in total. The Kier molecular flexibility index (Phi) is 4.89. The molecular weight excluding hydrogens is 290 g/mol. The molecule has 0 saturated carbocycles. The molecule has 2 aromatic rings. The molecule has 0 aliphatic heterocycles. The van der Waals surface area contributed by atoms with Crippen molar-refractivity contribution in [3.63, 3.8) is 0 Å². The van der Waals surface area contributed by atoms with Gasteiger partial charge in [-0.25, -0.2) is 4.79 Å². The van der Waals surface area contributed by atoms with Crippen molar-refractivity contribution >= 4 is 23.6 Å². The fourth-order valence-electron chi connectivity index (χ4n) is 1.53. The largest absolute Gasteiger partial charge is 0.478 e. The number of nitrogens with one attached hydrogen (secondary N) is 1. The molecule has 21 heavy (non-hydrogen) atoms. The van der Waals surface area contributed by atoms with Gasteiger partial charge in [0, 0.05) is 11.4 Å². The lowest BCUT2D eigenvalue weighted by Gasteiger charge is -2.03. The number of carboxylic acids is 1. The van der Waals surface area contributed by atoms with Gasteiger partial charge in [-0.15, -0.1) is 10.2 Å². The number of carbonyl (C=O) groups excluding carboxylic acids is 1. The van der Waals surface area contributed by atoms with E-state index in [1.807, 2.05) is 6.92 Å². The van der Waals surface area contributed by atoms with Gasteiger partial charge in [0.15, 0.2) is 5.69 Å². The maximum Gasteiger partial charge on any atom is 0.335 e. The predicted octanol–water partition coefficient (Wildman–Crippen LogP) is 2.08. The molecule has 1 aromatic carbocycles. The van der Waals surface area contributed by atoms with Crippen molar-refractivity contribution in [3.05, 3.63) is 47.7 Å². The average Bonchev–Trinajstić information content (AvgIpc) is 2.49. The van der Waals surface area contributed by atoms with E-state index in [0.29, 0.717) is 11.6 Å². The molecule has 0 atom stereocenters. The van der Waals surface area contributed by atoms with E-state index in [2.05, 4.69) is 15.5 Å². The maximum atomic E-state index is 11.5. The van der Waals surface area contributed by atoms with Gasteiger partial charge >= 0.3 is 5.97 Å². The lowest BCUT2D eigenvalue weighted by Crippen LogP contribution is -2.23. The summed E-state index contributed by atoms with van der Waals surface area (Å²) in [6.07, 6.45) is 0. The number of nitrogens with zero attached hydrogens (tertiary/aromatic N) is 2. The minimum Gasteiger partial charge on any atom is -0.478 e. The average molecular weight is 303 g/mol. The van der Waals surface area contributed by atoms with Gasteiger partial charge < -0.3 is 10.4 Å². The zero-order chi connectivity index (χ0) is 15.2. The van der Waals surface area contributed by atoms with Crippen LogP contribution in [0.2, 0.25) is 0 Å². The highest BCUT2D eigenvalue weighted by molar-refractivity contribution is 7.99. The van der Waals surface area contributed by atoms with Gasteiger partial charge in [-0.1, -0.05) is 11.8 Å². The van der Waals surface area contributed by atoms with Crippen LogP contribution in [0.1, 0.15) is 27.8 Å². The Morgan fingerprint density at radius 3 is 2.38 bits per heavy atom. The summed E-state index contributed by atoms with van der Waals surface area (Å²) < 4.78 is 0. The molecule has 0 aliphatic carbocycles. The molecule has 0 bridgehead atoms. The van der Waals surface area contributed by atoms with Crippen LogP contribution < -0.4 is 5.32 Å². The summed E-state index contributed by atoms with van der Waals surface area (Å²) in [4.78, 5) is 23.1. The standard InChI is InChI=1S/C14H13N3O3S/c1-2-15-13(18)11-7-8-12(17-16-11)21-10-5-3-9(4-6-10)14(19)20/h3-8H,2H2,1H3,(H,15,18)(H,19,20). The highest BCUT2D eigenvalue weighted by Gasteiger charge is 2.08. The van der Waals surface area contributed by atoms with Crippen LogP contribution in [0.15, 0.2) is 46.3 Å². The third-order valence-electron chi connectivity index (χ3n) is 2.53. The zero-order valence-corrected chi connectivity index (χ0v) is 12.1. The number of carbonyl (C=O) groups is 2. The molecule has 1 heterocycles. The van der Waals surface area contributed by atoms with Crippen LogP contribution >= 0.6 is 11.8 Å². The zero-order valence-electron chi connectivity index (χ0n) is 11.2. The molecule has 0 saturated heterocycles. The van der Waals surface area contributed by atoms with E-state index in [1.54, 1.807) is 24.3 Å². The fourth-order valence-corrected chi connectivity index (χ4v) is 2.26. The summed E-state index contributed by atoms with van der Waals surface area (Å²) in [5.74, 6) is -1.22. The van der Waals surface area contributed by atoms with Gasteiger partial charge in [-0.05, 0) is 43.3 Å². The van der Waals surface area contributed by atoms with E-state index in [-0.39, 0.29) is 17.2 Å². The number of amides is 1. The number of aromatic carboxylic acids is 1. The van der Waals surface area contributed by atoms with Crippen molar-refractivity contribution in [3.8, 4) is 0 Å². The second kappa shape index (κ2) is 6.85. The minimum atomic E-state index is -0.961. The van der Waals surface area contributed by atoms with Crippen molar-refractivity contribution in [2.75, 3.05) is 6.54 Å². The van der Waals surface area contributed by atoms with Gasteiger partial charge in [0.25, 0.3) is 5.91 Å². The van der Waals surface area contributed by atoms with Gasteiger partial charge in [-0.3, -0.25) is 4.79 Å². The van der Waals surface area contributed by atoms with E-state index in [9.17, 15) is 9.59 Å².